The second-order valence-electron chi connectivity index (χ2n) is 6.58. The van der Waals surface area contributed by atoms with Gasteiger partial charge < -0.3 is 15.3 Å². The summed E-state index contributed by atoms with van der Waals surface area (Å²) in [6, 6.07) is 11.9. The van der Waals surface area contributed by atoms with E-state index in [1.807, 2.05) is 42.2 Å². The molecule has 0 spiro atoms. The molecule has 0 aliphatic heterocycles. The highest BCUT2D eigenvalue weighted by atomic mass is 16.3. The first-order valence-electron chi connectivity index (χ1n) is 8.79. The number of nitrogens with one attached hydrogen (secondary N) is 1. The minimum atomic E-state index is -0.721. The van der Waals surface area contributed by atoms with E-state index in [9.17, 15) is 15.2 Å². The second-order valence-corrected chi connectivity index (χ2v) is 6.58. The van der Waals surface area contributed by atoms with Gasteiger partial charge in [-0.2, -0.15) is 5.26 Å². The molecule has 1 saturated carbocycles. The highest BCUT2D eigenvalue weighted by Crippen LogP contribution is 2.27. The van der Waals surface area contributed by atoms with E-state index in [0.717, 1.165) is 37.8 Å². The van der Waals surface area contributed by atoms with Gasteiger partial charge in [-0.3, -0.25) is 4.79 Å². The van der Waals surface area contributed by atoms with Crippen molar-refractivity contribution in [3.05, 3.63) is 30.3 Å². The number of carbonyl (C=O) groups excluding carboxylic acids is 1. The molecule has 0 bridgehead atoms. The van der Waals surface area contributed by atoms with Crippen molar-refractivity contribution in [2.24, 2.45) is 0 Å². The lowest BCUT2D eigenvalue weighted by Gasteiger charge is -2.33. The smallest absolute Gasteiger partial charge is 0.240 e. The van der Waals surface area contributed by atoms with Gasteiger partial charge in [0.25, 0.3) is 0 Å². The van der Waals surface area contributed by atoms with Crippen molar-refractivity contribution in [2.45, 2.75) is 57.1 Å². The molecule has 0 radical (unpaired) electrons. The van der Waals surface area contributed by atoms with Crippen molar-refractivity contribution in [1.29, 1.82) is 5.26 Å². The Labute approximate surface area is 144 Å². The van der Waals surface area contributed by atoms with E-state index in [1.165, 1.54) is 0 Å². The molecule has 0 heterocycles. The highest BCUT2D eigenvalue weighted by molar-refractivity contribution is 5.82. The van der Waals surface area contributed by atoms with Crippen LogP contribution in [0.2, 0.25) is 0 Å². The summed E-state index contributed by atoms with van der Waals surface area (Å²) in [7, 11) is 0. The summed E-state index contributed by atoms with van der Waals surface area (Å²) in [5, 5.41) is 22.5. The Kier molecular flexibility index (Phi) is 6.62. The number of carbonyl (C=O) groups is 1. The van der Waals surface area contributed by atoms with Crippen molar-refractivity contribution in [3.8, 4) is 6.07 Å². The van der Waals surface area contributed by atoms with Crippen LogP contribution in [-0.2, 0) is 4.79 Å². The molecule has 5 heteroatoms. The van der Waals surface area contributed by atoms with E-state index in [-0.39, 0.29) is 12.5 Å². The molecular weight excluding hydrogens is 302 g/mol. The Hall–Kier alpha value is -2.06. The first-order chi connectivity index (χ1) is 11.6. The van der Waals surface area contributed by atoms with Gasteiger partial charge in [-0.25, -0.2) is 0 Å². The van der Waals surface area contributed by atoms with Crippen LogP contribution in [0.4, 0.5) is 5.69 Å². The summed E-state index contributed by atoms with van der Waals surface area (Å²) < 4.78 is 0. The summed E-state index contributed by atoms with van der Waals surface area (Å²) in [4.78, 5) is 14.4. The third kappa shape index (κ3) is 4.97. The Bertz CT molecular complexity index is 562. The molecule has 1 atom stereocenters. The van der Waals surface area contributed by atoms with Crippen LogP contribution >= 0.6 is 0 Å². The van der Waals surface area contributed by atoms with Crippen LogP contribution in [0.25, 0.3) is 0 Å². The number of nitriles is 1. The largest absolute Gasteiger partial charge is 0.391 e. The first-order valence-corrected chi connectivity index (χ1v) is 8.79. The minimum Gasteiger partial charge on any atom is -0.391 e. The van der Waals surface area contributed by atoms with Gasteiger partial charge in [-0.15, -0.1) is 0 Å². The third-order valence-electron chi connectivity index (χ3n) is 4.66. The van der Waals surface area contributed by atoms with Gasteiger partial charge in [-0.05, 0) is 31.4 Å². The van der Waals surface area contributed by atoms with Gasteiger partial charge in [0.2, 0.25) is 5.91 Å². The zero-order valence-corrected chi connectivity index (χ0v) is 14.4. The molecule has 2 N–H and O–H groups in total. The molecule has 1 amide bonds. The normalized spacial score (nSPS) is 17.5. The number of para-hydroxylation sites is 1. The number of anilines is 1. The minimum absolute atomic E-state index is 0.143. The molecule has 1 aliphatic rings. The van der Waals surface area contributed by atoms with Crippen LogP contribution in [0, 0.1) is 11.3 Å². The predicted octanol–water partition coefficient (Wildman–Crippen LogP) is 2.61. The SMILES string of the molecule is CC[C@@H](O)CN(CC(=O)NC1(C#N)CCCCC1)c1ccccc1. The molecule has 0 saturated heterocycles. The summed E-state index contributed by atoms with van der Waals surface area (Å²) in [6.45, 7) is 2.46. The lowest BCUT2D eigenvalue weighted by atomic mass is 9.83. The van der Waals surface area contributed by atoms with Gasteiger partial charge >= 0.3 is 0 Å². The summed E-state index contributed by atoms with van der Waals surface area (Å²) in [6.07, 6.45) is 4.66. The second kappa shape index (κ2) is 8.70. The standard InChI is InChI=1S/C19H27N3O2/c1-2-17(23)13-22(16-9-5-3-6-10-16)14-18(24)21-19(15-20)11-7-4-8-12-19/h3,5-6,9-10,17,23H,2,4,7-8,11-14H2,1H3,(H,21,24)/t17-/m1/s1. The molecule has 0 unspecified atom stereocenters. The third-order valence-corrected chi connectivity index (χ3v) is 4.66. The Balaban J connectivity index is 2.05. The lowest BCUT2D eigenvalue weighted by Crippen LogP contribution is -2.52. The van der Waals surface area contributed by atoms with Gasteiger partial charge in [0.05, 0.1) is 18.7 Å². The van der Waals surface area contributed by atoms with Crippen LogP contribution in [0.5, 0.6) is 0 Å². The number of aliphatic hydroxyl groups is 1. The van der Waals surface area contributed by atoms with Crippen molar-refractivity contribution in [2.75, 3.05) is 18.0 Å². The van der Waals surface area contributed by atoms with Crippen molar-refractivity contribution >= 4 is 11.6 Å². The number of rotatable bonds is 7. The van der Waals surface area contributed by atoms with Crippen LogP contribution in [0.1, 0.15) is 45.4 Å². The van der Waals surface area contributed by atoms with Crippen LogP contribution in [-0.4, -0.2) is 35.7 Å². The van der Waals surface area contributed by atoms with Gasteiger partial charge in [0.15, 0.2) is 0 Å². The van der Waals surface area contributed by atoms with Gasteiger partial charge in [-0.1, -0.05) is 44.4 Å². The van der Waals surface area contributed by atoms with Crippen molar-refractivity contribution in [1.82, 2.24) is 5.32 Å². The molecule has 1 aliphatic carbocycles. The van der Waals surface area contributed by atoms with Gasteiger partial charge in [0, 0.05) is 12.2 Å². The molecule has 1 aromatic carbocycles. The van der Waals surface area contributed by atoms with E-state index in [1.54, 1.807) is 0 Å². The fraction of sp³-hybridized carbons (Fsp3) is 0.579. The van der Waals surface area contributed by atoms with Gasteiger partial charge in [0.1, 0.15) is 5.54 Å². The van der Waals surface area contributed by atoms with Crippen LogP contribution in [0.3, 0.4) is 0 Å². The number of benzene rings is 1. The quantitative estimate of drug-likeness (QED) is 0.806. The predicted molar refractivity (Wildman–Crippen MR) is 94.5 cm³/mol. The topological polar surface area (TPSA) is 76.4 Å². The van der Waals surface area contributed by atoms with E-state index >= 15 is 0 Å². The van der Waals surface area contributed by atoms with Crippen LogP contribution in [0.15, 0.2) is 30.3 Å². The summed E-state index contributed by atoms with van der Waals surface area (Å²) in [5.41, 5.74) is 0.177. The molecule has 1 aromatic rings. The van der Waals surface area contributed by atoms with E-state index in [4.69, 9.17) is 0 Å². The number of aliphatic hydroxyl groups excluding tert-OH is 1. The van der Waals surface area contributed by atoms with E-state index in [0.29, 0.717) is 13.0 Å². The molecule has 5 nitrogen and oxygen atoms in total. The molecule has 24 heavy (non-hydrogen) atoms. The molecule has 130 valence electrons. The Morgan fingerprint density at radius 1 is 1.33 bits per heavy atom. The lowest BCUT2D eigenvalue weighted by molar-refractivity contribution is -0.121. The zero-order chi connectivity index (χ0) is 17.4. The number of nitrogens with zero attached hydrogens (tertiary/aromatic N) is 2. The van der Waals surface area contributed by atoms with Crippen molar-refractivity contribution < 1.29 is 9.90 Å². The monoisotopic (exact) mass is 329 g/mol. The number of hydrogen-bond acceptors (Lipinski definition) is 4. The Morgan fingerprint density at radius 3 is 2.58 bits per heavy atom. The molecule has 1 fully saturated rings. The fourth-order valence-corrected chi connectivity index (χ4v) is 3.18. The number of amides is 1. The maximum Gasteiger partial charge on any atom is 0.240 e. The number of hydrogen-bond donors (Lipinski definition) is 2. The molecule has 2 rings (SSSR count). The average Bonchev–Trinajstić information content (AvgIpc) is 2.62. The maximum atomic E-state index is 12.5. The highest BCUT2D eigenvalue weighted by Gasteiger charge is 2.33. The summed E-state index contributed by atoms with van der Waals surface area (Å²) in [5.74, 6) is -0.161. The average molecular weight is 329 g/mol. The Morgan fingerprint density at radius 2 is 2.00 bits per heavy atom. The zero-order valence-electron chi connectivity index (χ0n) is 14.4. The first kappa shape index (κ1) is 18.3. The molecule has 0 aromatic heterocycles. The molecular formula is C19H27N3O2. The summed E-state index contributed by atoms with van der Waals surface area (Å²) >= 11 is 0. The fourth-order valence-electron chi connectivity index (χ4n) is 3.18. The van der Waals surface area contributed by atoms with Crippen molar-refractivity contribution in [3.63, 3.8) is 0 Å². The van der Waals surface area contributed by atoms with E-state index in [2.05, 4.69) is 11.4 Å². The van der Waals surface area contributed by atoms with E-state index < -0.39 is 11.6 Å². The van der Waals surface area contributed by atoms with Crippen LogP contribution < -0.4 is 10.2 Å². The maximum absolute atomic E-state index is 12.5.